The van der Waals surface area contributed by atoms with Gasteiger partial charge in [0.2, 0.25) is 0 Å². The molecule has 0 aromatic heterocycles. The Balaban J connectivity index is 2.02. The quantitative estimate of drug-likeness (QED) is 0.622. The lowest BCUT2D eigenvalue weighted by atomic mass is 10.1. The first kappa shape index (κ1) is 18.2. The van der Waals surface area contributed by atoms with E-state index in [1.165, 1.54) is 31.4 Å². The van der Waals surface area contributed by atoms with Gasteiger partial charge in [-0.1, -0.05) is 29.3 Å². The summed E-state index contributed by atoms with van der Waals surface area (Å²) in [6.07, 6.45) is 0. The van der Waals surface area contributed by atoms with Crippen LogP contribution in [0.25, 0.3) is 0 Å². The second-order valence-corrected chi connectivity index (χ2v) is 5.77. The third kappa shape index (κ3) is 4.44. The van der Waals surface area contributed by atoms with Crippen molar-refractivity contribution in [2.45, 2.75) is 0 Å². The summed E-state index contributed by atoms with van der Waals surface area (Å²) >= 11 is 17.0. The zero-order valence-corrected chi connectivity index (χ0v) is 14.8. The smallest absolute Gasteiger partial charge is 0.337 e. The molecule has 2 aromatic carbocycles. The number of hydrogen-bond donors (Lipinski definition) is 2. The van der Waals surface area contributed by atoms with Crippen LogP contribution >= 0.6 is 35.4 Å². The van der Waals surface area contributed by atoms with E-state index in [-0.39, 0.29) is 5.11 Å². The average Bonchev–Trinajstić information content (AvgIpc) is 2.58. The summed E-state index contributed by atoms with van der Waals surface area (Å²) in [4.78, 5) is 23.5. The lowest BCUT2D eigenvalue weighted by molar-refractivity contribution is 0.0600. The molecule has 0 saturated carbocycles. The van der Waals surface area contributed by atoms with Crippen LogP contribution in [-0.4, -0.2) is 24.1 Å². The van der Waals surface area contributed by atoms with Gasteiger partial charge < -0.3 is 10.1 Å². The highest BCUT2D eigenvalue weighted by Gasteiger charge is 2.12. The van der Waals surface area contributed by atoms with Crippen molar-refractivity contribution in [3.05, 3.63) is 63.6 Å². The molecule has 0 unspecified atom stereocenters. The number of amides is 1. The minimum absolute atomic E-state index is 0.0706. The number of ether oxygens (including phenoxy) is 1. The van der Waals surface area contributed by atoms with E-state index in [1.807, 2.05) is 0 Å². The SMILES string of the molecule is COC(=O)c1ccc(C(=O)NC(=S)Nc2cccc(Cl)c2Cl)cc1. The van der Waals surface area contributed by atoms with Gasteiger partial charge >= 0.3 is 5.97 Å². The number of rotatable bonds is 3. The van der Waals surface area contributed by atoms with Crippen LogP contribution in [0.15, 0.2) is 42.5 Å². The highest BCUT2D eigenvalue weighted by atomic mass is 35.5. The molecule has 124 valence electrons. The minimum Gasteiger partial charge on any atom is -0.465 e. The van der Waals surface area contributed by atoms with E-state index in [1.54, 1.807) is 18.2 Å². The first-order valence-electron chi connectivity index (χ1n) is 6.67. The van der Waals surface area contributed by atoms with Crippen molar-refractivity contribution in [3.8, 4) is 0 Å². The fourth-order valence-electron chi connectivity index (χ4n) is 1.80. The number of nitrogens with one attached hydrogen (secondary N) is 2. The van der Waals surface area contributed by atoms with Gasteiger partial charge in [0, 0.05) is 5.56 Å². The van der Waals surface area contributed by atoms with Crippen molar-refractivity contribution >= 4 is 58.1 Å². The summed E-state index contributed by atoms with van der Waals surface area (Å²) in [5, 5.41) is 6.06. The van der Waals surface area contributed by atoms with Gasteiger partial charge in [-0.3, -0.25) is 10.1 Å². The Labute approximate surface area is 153 Å². The molecule has 0 spiro atoms. The van der Waals surface area contributed by atoms with Crippen molar-refractivity contribution in [2.75, 3.05) is 12.4 Å². The van der Waals surface area contributed by atoms with Crippen LogP contribution in [0.2, 0.25) is 10.0 Å². The zero-order chi connectivity index (χ0) is 17.7. The van der Waals surface area contributed by atoms with Crippen molar-refractivity contribution in [3.63, 3.8) is 0 Å². The number of halogens is 2. The van der Waals surface area contributed by atoms with Gasteiger partial charge in [-0.25, -0.2) is 4.79 Å². The summed E-state index contributed by atoms with van der Waals surface area (Å²) in [5.41, 5.74) is 1.17. The Bertz CT molecular complexity index is 794. The van der Waals surface area contributed by atoms with E-state index in [2.05, 4.69) is 15.4 Å². The van der Waals surface area contributed by atoms with Crippen molar-refractivity contribution < 1.29 is 14.3 Å². The van der Waals surface area contributed by atoms with E-state index in [4.69, 9.17) is 35.4 Å². The number of hydrogen-bond acceptors (Lipinski definition) is 4. The summed E-state index contributed by atoms with van der Waals surface area (Å²) in [5.74, 6) is -0.906. The third-order valence-corrected chi connectivity index (χ3v) is 4.02. The summed E-state index contributed by atoms with van der Waals surface area (Å²) in [6.45, 7) is 0. The molecular weight excluding hydrogens is 371 g/mol. The zero-order valence-electron chi connectivity index (χ0n) is 12.4. The monoisotopic (exact) mass is 382 g/mol. The van der Waals surface area contributed by atoms with Gasteiger partial charge in [0.1, 0.15) is 0 Å². The molecule has 0 fully saturated rings. The van der Waals surface area contributed by atoms with Crippen LogP contribution in [0.5, 0.6) is 0 Å². The third-order valence-electron chi connectivity index (χ3n) is 3.00. The van der Waals surface area contributed by atoms with Gasteiger partial charge in [-0.05, 0) is 48.6 Å². The van der Waals surface area contributed by atoms with Crippen LogP contribution in [0.4, 0.5) is 5.69 Å². The minimum atomic E-state index is -0.477. The second kappa shape index (κ2) is 8.10. The molecule has 0 saturated heterocycles. The number of carbonyl (C=O) groups excluding carboxylic acids is 2. The molecule has 2 N–H and O–H groups in total. The Hall–Kier alpha value is -2.15. The first-order valence-corrected chi connectivity index (χ1v) is 7.83. The Morgan fingerprint density at radius 1 is 1.04 bits per heavy atom. The number of esters is 1. The largest absolute Gasteiger partial charge is 0.465 e. The molecule has 0 heterocycles. The Morgan fingerprint density at radius 3 is 2.29 bits per heavy atom. The standard InChI is InChI=1S/C16H12Cl2N2O3S/c1-23-15(22)10-7-5-9(6-8-10)14(21)20-16(24)19-12-4-2-3-11(17)13(12)18/h2-8H,1H3,(H2,19,20,21,24). The fraction of sp³-hybridized carbons (Fsp3) is 0.0625. The number of thiocarbonyl (C=S) groups is 1. The van der Waals surface area contributed by atoms with Gasteiger partial charge in [0.15, 0.2) is 5.11 Å². The van der Waals surface area contributed by atoms with Crippen LogP contribution in [-0.2, 0) is 4.74 Å². The lowest BCUT2D eigenvalue weighted by Gasteiger charge is -2.11. The second-order valence-electron chi connectivity index (χ2n) is 4.58. The van der Waals surface area contributed by atoms with Crippen molar-refractivity contribution in [1.82, 2.24) is 5.32 Å². The number of methoxy groups -OCH3 is 1. The molecule has 24 heavy (non-hydrogen) atoms. The normalized spacial score (nSPS) is 9.96. The van der Waals surface area contributed by atoms with E-state index in [0.29, 0.717) is 26.9 Å². The molecule has 8 heteroatoms. The van der Waals surface area contributed by atoms with Gasteiger partial charge in [-0.15, -0.1) is 0 Å². The molecule has 0 aliphatic rings. The predicted molar refractivity (Wildman–Crippen MR) is 97.9 cm³/mol. The van der Waals surface area contributed by atoms with E-state index >= 15 is 0 Å². The maximum absolute atomic E-state index is 12.1. The lowest BCUT2D eigenvalue weighted by Crippen LogP contribution is -2.34. The highest BCUT2D eigenvalue weighted by molar-refractivity contribution is 7.80. The maximum Gasteiger partial charge on any atom is 0.337 e. The van der Waals surface area contributed by atoms with Crippen LogP contribution in [0.1, 0.15) is 20.7 Å². The molecule has 5 nitrogen and oxygen atoms in total. The number of benzene rings is 2. The molecule has 0 radical (unpaired) electrons. The molecule has 0 bridgehead atoms. The van der Waals surface area contributed by atoms with Crippen LogP contribution < -0.4 is 10.6 Å². The summed E-state index contributed by atoms with van der Waals surface area (Å²) in [6, 6.07) is 11.0. The molecular formula is C16H12Cl2N2O3S. The molecule has 1 amide bonds. The average molecular weight is 383 g/mol. The van der Waals surface area contributed by atoms with E-state index < -0.39 is 11.9 Å². The number of anilines is 1. The van der Waals surface area contributed by atoms with E-state index in [9.17, 15) is 9.59 Å². The number of carbonyl (C=O) groups is 2. The molecule has 0 aliphatic heterocycles. The molecule has 0 aliphatic carbocycles. The Morgan fingerprint density at radius 2 is 1.67 bits per heavy atom. The van der Waals surface area contributed by atoms with Gasteiger partial charge in [0.25, 0.3) is 5.91 Å². The van der Waals surface area contributed by atoms with Crippen LogP contribution in [0, 0.1) is 0 Å². The molecule has 0 atom stereocenters. The first-order chi connectivity index (χ1) is 11.4. The van der Waals surface area contributed by atoms with Gasteiger partial charge in [0.05, 0.1) is 28.4 Å². The highest BCUT2D eigenvalue weighted by Crippen LogP contribution is 2.29. The molecule has 2 rings (SSSR count). The Kier molecular flexibility index (Phi) is 6.14. The summed E-state index contributed by atoms with van der Waals surface area (Å²) < 4.78 is 4.59. The maximum atomic E-state index is 12.1. The fourth-order valence-corrected chi connectivity index (χ4v) is 2.36. The van der Waals surface area contributed by atoms with Crippen molar-refractivity contribution in [1.29, 1.82) is 0 Å². The van der Waals surface area contributed by atoms with E-state index in [0.717, 1.165) is 0 Å². The topological polar surface area (TPSA) is 67.4 Å². The predicted octanol–water partition coefficient (Wildman–Crippen LogP) is 3.91. The van der Waals surface area contributed by atoms with Crippen LogP contribution in [0.3, 0.4) is 0 Å². The van der Waals surface area contributed by atoms with Gasteiger partial charge in [-0.2, -0.15) is 0 Å². The van der Waals surface area contributed by atoms with Crippen molar-refractivity contribution in [2.24, 2.45) is 0 Å². The molecule has 2 aromatic rings. The summed E-state index contributed by atoms with van der Waals surface area (Å²) in [7, 11) is 1.29.